The van der Waals surface area contributed by atoms with Crippen LogP contribution in [-0.4, -0.2) is 54.0 Å². The first-order valence-corrected chi connectivity index (χ1v) is 12.4. The molecule has 2 amide bonds. The molecule has 0 aliphatic carbocycles. The number of hydrogen-bond donors (Lipinski definition) is 3. The predicted octanol–water partition coefficient (Wildman–Crippen LogP) is 3.71. The SMILES string of the molecule is C[C@@H](NC[C@H]1CN(C(=O)CCC(=O)NCC(=O)O)C[C@@H]1c1ccccc1)c1cccc2ccccc12. The van der Waals surface area contributed by atoms with E-state index in [1.54, 1.807) is 0 Å². The van der Waals surface area contributed by atoms with E-state index in [0.717, 1.165) is 6.54 Å². The molecular formula is C29H33N3O4. The maximum atomic E-state index is 12.9. The van der Waals surface area contributed by atoms with Gasteiger partial charge >= 0.3 is 5.97 Å². The lowest BCUT2D eigenvalue weighted by atomic mass is 9.88. The maximum Gasteiger partial charge on any atom is 0.322 e. The van der Waals surface area contributed by atoms with Crippen molar-refractivity contribution in [3.05, 3.63) is 83.9 Å². The van der Waals surface area contributed by atoms with Crippen LogP contribution in [0.5, 0.6) is 0 Å². The zero-order valence-electron chi connectivity index (χ0n) is 20.5. The molecule has 0 unspecified atom stereocenters. The average molecular weight is 488 g/mol. The molecule has 0 saturated carbocycles. The summed E-state index contributed by atoms with van der Waals surface area (Å²) in [5.74, 6) is -1.18. The quantitative estimate of drug-likeness (QED) is 0.405. The van der Waals surface area contributed by atoms with E-state index in [-0.39, 0.29) is 36.6 Å². The average Bonchev–Trinajstić information content (AvgIpc) is 3.33. The number of aliphatic carboxylic acids is 1. The van der Waals surface area contributed by atoms with Crippen LogP contribution in [0.4, 0.5) is 0 Å². The van der Waals surface area contributed by atoms with Crippen LogP contribution in [0.2, 0.25) is 0 Å². The van der Waals surface area contributed by atoms with Crippen LogP contribution >= 0.6 is 0 Å². The summed E-state index contributed by atoms with van der Waals surface area (Å²) in [5, 5.41) is 17.2. The number of benzene rings is 3. The number of nitrogens with one attached hydrogen (secondary N) is 2. The van der Waals surface area contributed by atoms with Gasteiger partial charge in [0.2, 0.25) is 11.8 Å². The number of rotatable bonds is 10. The standard InChI is InChI=1S/C29H33N3O4/c1-20(24-13-7-11-21-10-5-6-12-25(21)24)30-16-23-18-32(19-26(23)22-8-3-2-4-9-22)28(34)15-14-27(33)31-17-29(35)36/h2-13,20,23,26,30H,14-19H2,1H3,(H,31,33)(H,35,36)/t20-,23+,26-/m1/s1. The fourth-order valence-corrected chi connectivity index (χ4v) is 5.07. The third kappa shape index (κ3) is 6.29. The molecule has 7 heteroatoms. The molecule has 3 aromatic rings. The third-order valence-corrected chi connectivity index (χ3v) is 7.00. The Bertz CT molecular complexity index is 1210. The van der Waals surface area contributed by atoms with E-state index in [1.165, 1.54) is 21.9 Å². The first-order chi connectivity index (χ1) is 17.4. The lowest BCUT2D eigenvalue weighted by Crippen LogP contribution is -2.33. The van der Waals surface area contributed by atoms with Gasteiger partial charge in [0.15, 0.2) is 0 Å². The van der Waals surface area contributed by atoms with Crippen LogP contribution in [0, 0.1) is 5.92 Å². The van der Waals surface area contributed by atoms with Gasteiger partial charge in [-0.2, -0.15) is 0 Å². The maximum absolute atomic E-state index is 12.9. The summed E-state index contributed by atoms with van der Waals surface area (Å²) < 4.78 is 0. The van der Waals surface area contributed by atoms with E-state index in [1.807, 2.05) is 23.1 Å². The van der Waals surface area contributed by atoms with Gasteiger partial charge in [-0.05, 0) is 34.7 Å². The molecule has 1 aliphatic rings. The van der Waals surface area contributed by atoms with Crippen molar-refractivity contribution in [2.24, 2.45) is 5.92 Å². The van der Waals surface area contributed by atoms with Gasteiger partial charge in [0.1, 0.15) is 6.54 Å². The van der Waals surface area contributed by atoms with Gasteiger partial charge in [0, 0.05) is 44.4 Å². The molecule has 4 rings (SSSR count). The monoisotopic (exact) mass is 487 g/mol. The molecule has 3 aromatic carbocycles. The number of fused-ring (bicyclic) bond motifs is 1. The van der Waals surface area contributed by atoms with Crippen LogP contribution < -0.4 is 10.6 Å². The first kappa shape index (κ1) is 25.4. The second-order valence-electron chi connectivity index (χ2n) is 9.44. The zero-order chi connectivity index (χ0) is 25.5. The largest absolute Gasteiger partial charge is 0.480 e. The zero-order valence-corrected chi connectivity index (χ0v) is 20.5. The molecule has 3 atom stereocenters. The minimum Gasteiger partial charge on any atom is -0.480 e. The van der Waals surface area contributed by atoms with E-state index >= 15 is 0 Å². The summed E-state index contributed by atoms with van der Waals surface area (Å²) in [6.07, 6.45) is 0.0547. The molecule has 0 spiro atoms. The Labute approximate surface area is 211 Å². The summed E-state index contributed by atoms with van der Waals surface area (Å²) in [5.41, 5.74) is 2.46. The summed E-state index contributed by atoms with van der Waals surface area (Å²) in [4.78, 5) is 37.3. The number of carboxylic acid groups (broad SMARTS) is 1. The Kier molecular flexibility index (Phi) is 8.33. The molecule has 36 heavy (non-hydrogen) atoms. The van der Waals surface area contributed by atoms with Gasteiger partial charge < -0.3 is 20.6 Å². The summed E-state index contributed by atoms with van der Waals surface area (Å²) in [7, 11) is 0. The van der Waals surface area contributed by atoms with Crippen LogP contribution in [0.3, 0.4) is 0 Å². The van der Waals surface area contributed by atoms with Crippen LogP contribution in [0.25, 0.3) is 10.8 Å². The van der Waals surface area contributed by atoms with Gasteiger partial charge in [-0.15, -0.1) is 0 Å². The van der Waals surface area contributed by atoms with Gasteiger partial charge in [0.25, 0.3) is 0 Å². The summed E-state index contributed by atoms with van der Waals surface area (Å²) >= 11 is 0. The highest BCUT2D eigenvalue weighted by atomic mass is 16.4. The van der Waals surface area contributed by atoms with Gasteiger partial charge in [0.05, 0.1) is 0 Å². The van der Waals surface area contributed by atoms with Crippen molar-refractivity contribution < 1.29 is 19.5 Å². The van der Waals surface area contributed by atoms with Gasteiger partial charge in [-0.25, -0.2) is 0 Å². The number of amides is 2. The number of carbonyl (C=O) groups excluding carboxylic acids is 2. The Hall–Kier alpha value is -3.71. The molecule has 0 aromatic heterocycles. The van der Waals surface area contributed by atoms with Crippen LogP contribution in [0.15, 0.2) is 72.8 Å². The summed E-state index contributed by atoms with van der Waals surface area (Å²) in [6, 6.07) is 25.2. The molecule has 7 nitrogen and oxygen atoms in total. The number of nitrogens with zero attached hydrogens (tertiary/aromatic N) is 1. The molecule has 0 radical (unpaired) electrons. The highest BCUT2D eigenvalue weighted by Crippen LogP contribution is 2.33. The Balaban J connectivity index is 1.41. The third-order valence-electron chi connectivity index (χ3n) is 7.00. The van der Waals surface area contributed by atoms with Crippen molar-refractivity contribution in [1.82, 2.24) is 15.5 Å². The van der Waals surface area contributed by atoms with E-state index in [9.17, 15) is 14.4 Å². The number of carboxylic acids is 1. The Morgan fingerprint density at radius 1 is 0.944 bits per heavy atom. The van der Waals surface area contributed by atoms with Gasteiger partial charge in [-0.1, -0.05) is 72.8 Å². The highest BCUT2D eigenvalue weighted by Gasteiger charge is 2.36. The lowest BCUT2D eigenvalue weighted by molar-refractivity contribution is -0.138. The van der Waals surface area contributed by atoms with Crippen LogP contribution in [-0.2, 0) is 14.4 Å². The molecule has 1 fully saturated rings. The second kappa shape index (κ2) is 11.8. The van der Waals surface area contributed by atoms with E-state index in [4.69, 9.17) is 5.11 Å². The smallest absolute Gasteiger partial charge is 0.322 e. The molecule has 1 saturated heterocycles. The van der Waals surface area contributed by atoms with E-state index in [2.05, 4.69) is 72.2 Å². The van der Waals surface area contributed by atoms with Crippen molar-refractivity contribution in [2.75, 3.05) is 26.2 Å². The summed E-state index contributed by atoms with van der Waals surface area (Å²) in [6.45, 7) is 3.72. The van der Waals surface area contributed by atoms with E-state index in [0.29, 0.717) is 13.1 Å². The highest BCUT2D eigenvalue weighted by molar-refractivity contribution is 5.86. The van der Waals surface area contributed by atoms with Crippen molar-refractivity contribution in [1.29, 1.82) is 0 Å². The molecule has 0 bridgehead atoms. The topological polar surface area (TPSA) is 98.7 Å². The minimum absolute atomic E-state index is 0.0142. The number of hydrogen-bond acceptors (Lipinski definition) is 4. The minimum atomic E-state index is -1.10. The van der Waals surface area contributed by atoms with E-state index < -0.39 is 18.4 Å². The van der Waals surface area contributed by atoms with Crippen LogP contribution in [0.1, 0.15) is 42.9 Å². The Morgan fingerprint density at radius 3 is 2.44 bits per heavy atom. The number of carbonyl (C=O) groups is 3. The number of likely N-dealkylation sites (tertiary alicyclic amines) is 1. The first-order valence-electron chi connectivity index (χ1n) is 12.4. The molecule has 1 heterocycles. The second-order valence-corrected chi connectivity index (χ2v) is 9.44. The van der Waals surface area contributed by atoms with Crippen molar-refractivity contribution in [3.63, 3.8) is 0 Å². The molecule has 1 aliphatic heterocycles. The molecule has 188 valence electrons. The van der Waals surface area contributed by atoms with Gasteiger partial charge in [-0.3, -0.25) is 14.4 Å². The Morgan fingerprint density at radius 2 is 1.67 bits per heavy atom. The van der Waals surface area contributed by atoms with Crippen molar-refractivity contribution in [2.45, 2.75) is 31.7 Å². The lowest BCUT2D eigenvalue weighted by Gasteiger charge is -2.23. The van der Waals surface area contributed by atoms with Crippen molar-refractivity contribution in [3.8, 4) is 0 Å². The molecule has 3 N–H and O–H groups in total. The van der Waals surface area contributed by atoms with Crippen molar-refractivity contribution >= 4 is 28.6 Å². The molecular weight excluding hydrogens is 454 g/mol. The predicted molar refractivity (Wildman–Crippen MR) is 139 cm³/mol. The fraction of sp³-hybridized carbons (Fsp3) is 0.345. The fourth-order valence-electron chi connectivity index (χ4n) is 5.07. The normalized spacial score (nSPS) is 18.2.